The third-order valence-electron chi connectivity index (χ3n) is 4.13. The molecule has 0 fully saturated rings. The van der Waals surface area contributed by atoms with Crippen LogP contribution in [0.15, 0.2) is 24.9 Å². The first-order valence-corrected chi connectivity index (χ1v) is 9.03. The van der Waals surface area contributed by atoms with Crippen LogP contribution in [0.25, 0.3) is 11.2 Å². The van der Waals surface area contributed by atoms with E-state index < -0.39 is 0 Å². The van der Waals surface area contributed by atoms with Gasteiger partial charge in [0.1, 0.15) is 11.8 Å². The van der Waals surface area contributed by atoms with E-state index in [1.165, 1.54) is 0 Å². The van der Waals surface area contributed by atoms with E-state index in [4.69, 9.17) is 4.74 Å². The second-order valence-electron chi connectivity index (χ2n) is 6.83. The largest absolute Gasteiger partial charge is 0.385 e. The topological polar surface area (TPSA) is 99.8 Å². The Morgan fingerprint density at radius 1 is 1.26 bits per heavy atom. The molecule has 9 nitrogen and oxygen atoms in total. The number of aromatic nitrogens is 6. The summed E-state index contributed by atoms with van der Waals surface area (Å²) in [7, 11) is 1.67. The molecule has 0 aliphatic rings. The normalized spacial score (nSPS) is 11.4. The zero-order valence-electron chi connectivity index (χ0n) is 15.9. The van der Waals surface area contributed by atoms with Crippen LogP contribution in [0.1, 0.15) is 36.5 Å². The standard InChI is InChI=1S/C18H25N7O2/c1-13(2)10-25-11-21-15-7-14(8-19-17(15)25)18(26)20-9-16-23-22-12-24(16)5-4-6-27-3/h7-8,11-13H,4-6,9-10H2,1-3H3,(H,20,26). The third-order valence-corrected chi connectivity index (χ3v) is 4.13. The van der Waals surface area contributed by atoms with Crippen LogP contribution in [0.5, 0.6) is 0 Å². The first-order chi connectivity index (χ1) is 13.1. The van der Waals surface area contributed by atoms with Crippen molar-refractivity contribution < 1.29 is 9.53 Å². The number of carbonyl (C=O) groups excluding carboxylic acids is 1. The van der Waals surface area contributed by atoms with Gasteiger partial charge in [-0.15, -0.1) is 10.2 Å². The molecule has 3 rings (SSSR count). The highest BCUT2D eigenvalue weighted by Crippen LogP contribution is 2.14. The average Bonchev–Trinajstić information content (AvgIpc) is 3.26. The highest BCUT2D eigenvalue weighted by Gasteiger charge is 2.12. The van der Waals surface area contributed by atoms with Crippen LogP contribution in [0.4, 0.5) is 0 Å². The number of imidazole rings is 1. The number of hydrogen-bond acceptors (Lipinski definition) is 6. The van der Waals surface area contributed by atoms with Crippen LogP contribution < -0.4 is 5.32 Å². The summed E-state index contributed by atoms with van der Waals surface area (Å²) >= 11 is 0. The van der Waals surface area contributed by atoms with E-state index in [2.05, 4.69) is 39.3 Å². The Bertz CT molecular complexity index is 900. The smallest absolute Gasteiger partial charge is 0.253 e. The van der Waals surface area contributed by atoms with Crippen molar-refractivity contribution in [2.75, 3.05) is 13.7 Å². The molecule has 0 aromatic carbocycles. The lowest BCUT2D eigenvalue weighted by Crippen LogP contribution is -2.25. The predicted molar refractivity (Wildman–Crippen MR) is 100 cm³/mol. The quantitative estimate of drug-likeness (QED) is 0.574. The van der Waals surface area contributed by atoms with Crippen LogP contribution >= 0.6 is 0 Å². The van der Waals surface area contributed by atoms with Crippen molar-refractivity contribution in [2.24, 2.45) is 5.92 Å². The molecule has 3 aromatic rings. The number of nitrogens with one attached hydrogen (secondary N) is 1. The first-order valence-electron chi connectivity index (χ1n) is 9.03. The summed E-state index contributed by atoms with van der Waals surface area (Å²) in [5, 5.41) is 10.8. The molecule has 0 unspecified atom stereocenters. The van der Waals surface area contributed by atoms with Gasteiger partial charge in [-0.3, -0.25) is 4.79 Å². The number of amides is 1. The number of fused-ring (bicyclic) bond motifs is 1. The van der Waals surface area contributed by atoms with Crippen LogP contribution in [-0.2, 0) is 24.4 Å². The van der Waals surface area contributed by atoms with E-state index in [1.807, 2.05) is 9.13 Å². The number of methoxy groups -OCH3 is 1. The van der Waals surface area contributed by atoms with Gasteiger partial charge in [0.2, 0.25) is 0 Å². The van der Waals surface area contributed by atoms with Gasteiger partial charge in [0.25, 0.3) is 5.91 Å². The fourth-order valence-electron chi connectivity index (χ4n) is 2.84. The molecule has 1 N–H and O–H groups in total. The number of rotatable bonds is 9. The van der Waals surface area contributed by atoms with Crippen molar-refractivity contribution in [3.05, 3.63) is 36.3 Å². The summed E-state index contributed by atoms with van der Waals surface area (Å²) in [4.78, 5) is 21.3. The summed E-state index contributed by atoms with van der Waals surface area (Å²) in [5.74, 6) is 0.984. The lowest BCUT2D eigenvalue weighted by Gasteiger charge is -2.08. The fraction of sp³-hybridized carbons (Fsp3) is 0.500. The van der Waals surface area contributed by atoms with Crippen LogP contribution in [0.2, 0.25) is 0 Å². The molecule has 0 saturated carbocycles. The van der Waals surface area contributed by atoms with Crippen molar-refractivity contribution >= 4 is 17.1 Å². The Balaban J connectivity index is 1.64. The predicted octanol–water partition coefficient (Wildman–Crippen LogP) is 1.65. The Labute approximate surface area is 157 Å². The summed E-state index contributed by atoms with van der Waals surface area (Å²) in [6.07, 6.45) is 5.86. The molecule has 27 heavy (non-hydrogen) atoms. The fourth-order valence-corrected chi connectivity index (χ4v) is 2.84. The summed E-state index contributed by atoms with van der Waals surface area (Å²) in [5.41, 5.74) is 1.98. The maximum atomic E-state index is 12.5. The van der Waals surface area contributed by atoms with E-state index in [0.717, 1.165) is 25.2 Å². The molecule has 0 bridgehead atoms. The first kappa shape index (κ1) is 19.0. The molecule has 1 amide bonds. The number of nitrogens with zero attached hydrogens (tertiary/aromatic N) is 6. The molecular weight excluding hydrogens is 346 g/mol. The van der Waals surface area contributed by atoms with Gasteiger partial charge in [0.15, 0.2) is 11.5 Å². The molecular formula is C18H25N7O2. The SMILES string of the molecule is COCCCn1cnnc1CNC(=O)c1cnc2c(c1)ncn2CC(C)C. The van der Waals surface area contributed by atoms with E-state index in [0.29, 0.717) is 36.0 Å². The number of hydrogen-bond donors (Lipinski definition) is 1. The molecule has 0 saturated heterocycles. The summed E-state index contributed by atoms with van der Waals surface area (Å²) in [6, 6.07) is 1.76. The molecule has 3 heterocycles. The van der Waals surface area contributed by atoms with Crippen molar-refractivity contribution in [1.82, 2.24) is 34.6 Å². The highest BCUT2D eigenvalue weighted by molar-refractivity contribution is 5.96. The Hall–Kier alpha value is -2.81. The highest BCUT2D eigenvalue weighted by atomic mass is 16.5. The zero-order chi connectivity index (χ0) is 19.2. The van der Waals surface area contributed by atoms with Gasteiger partial charge in [0.05, 0.1) is 18.4 Å². The minimum absolute atomic E-state index is 0.214. The molecule has 0 spiro atoms. The molecule has 0 radical (unpaired) electrons. The van der Waals surface area contributed by atoms with Crippen LogP contribution in [-0.4, -0.2) is 48.9 Å². The van der Waals surface area contributed by atoms with E-state index >= 15 is 0 Å². The van der Waals surface area contributed by atoms with Crippen molar-refractivity contribution in [3.63, 3.8) is 0 Å². The molecule has 9 heteroatoms. The van der Waals surface area contributed by atoms with Crippen molar-refractivity contribution in [3.8, 4) is 0 Å². The lowest BCUT2D eigenvalue weighted by molar-refractivity contribution is 0.0949. The Morgan fingerprint density at radius 3 is 2.89 bits per heavy atom. The molecule has 0 aliphatic carbocycles. The van der Waals surface area contributed by atoms with Gasteiger partial charge in [0, 0.05) is 33.0 Å². The van der Waals surface area contributed by atoms with Crippen molar-refractivity contribution in [1.29, 1.82) is 0 Å². The molecule has 3 aromatic heterocycles. The Morgan fingerprint density at radius 2 is 2.11 bits per heavy atom. The number of aryl methyl sites for hydroxylation is 1. The maximum absolute atomic E-state index is 12.5. The van der Waals surface area contributed by atoms with E-state index in [9.17, 15) is 4.79 Å². The van der Waals surface area contributed by atoms with Gasteiger partial charge < -0.3 is 19.2 Å². The molecule has 0 aliphatic heterocycles. The zero-order valence-corrected chi connectivity index (χ0v) is 15.9. The van der Waals surface area contributed by atoms with Gasteiger partial charge >= 0.3 is 0 Å². The van der Waals surface area contributed by atoms with Gasteiger partial charge in [-0.2, -0.15) is 0 Å². The average molecular weight is 371 g/mol. The molecule has 0 atom stereocenters. The van der Waals surface area contributed by atoms with E-state index in [-0.39, 0.29) is 5.91 Å². The summed E-state index contributed by atoms with van der Waals surface area (Å²) in [6.45, 7) is 6.83. The third kappa shape index (κ3) is 4.68. The Kier molecular flexibility index (Phi) is 6.12. The second kappa shape index (κ2) is 8.72. The number of ether oxygens (including phenoxy) is 1. The molecule has 144 valence electrons. The van der Waals surface area contributed by atoms with Gasteiger partial charge in [-0.05, 0) is 18.4 Å². The van der Waals surface area contributed by atoms with Crippen LogP contribution in [0, 0.1) is 5.92 Å². The van der Waals surface area contributed by atoms with E-state index in [1.54, 1.807) is 32.0 Å². The van der Waals surface area contributed by atoms with Gasteiger partial charge in [-0.25, -0.2) is 9.97 Å². The van der Waals surface area contributed by atoms with Crippen molar-refractivity contribution in [2.45, 2.75) is 39.9 Å². The van der Waals surface area contributed by atoms with Crippen LogP contribution in [0.3, 0.4) is 0 Å². The lowest BCUT2D eigenvalue weighted by atomic mass is 10.2. The summed E-state index contributed by atoms with van der Waals surface area (Å²) < 4.78 is 8.97. The monoisotopic (exact) mass is 371 g/mol. The second-order valence-corrected chi connectivity index (χ2v) is 6.83. The number of carbonyl (C=O) groups is 1. The minimum atomic E-state index is -0.214. The number of pyridine rings is 1. The maximum Gasteiger partial charge on any atom is 0.253 e. The van der Waals surface area contributed by atoms with Gasteiger partial charge in [-0.1, -0.05) is 13.8 Å². The minimum Gasteiger partial charge on any atom is -0.385 e.